The molecule has 0 bridgehead atoms. The molecule has 1 aliphatic heterocycles. The van der Waals surface area contributed by atoms with Gasteiger partial charge in [0.15, 0.2) is 0 Å². The zero-order chi connectivity index (χ0) is 9.52. The normalized spacial score (nSPS) is 21.9. The lowest BCUT2D eigenvalue weighted by Gasteiger charge is -2.22. The first-order valence-corrected chi connectivity index (χ1v) is 4.29. The largest absolute Gasteiger partial charge is 0.375 e. The highest BCUT2D eigenvalue weighted by atomic mass is 16.5. The molecular weight excluding hydrogens is 170 g/mol. The van der Waals surface area contributed by atoms with Crippen LogP contribution in [0.3, 0.4) is 0 Å². The van der Waals surface area contributed by atoms with Gasteiger partial charge in [0.2, 0.25) is 5.91 Å². The van der Waals surface area contributed by atoms with Crippen molar-refractivity contribution < 1.29 is 9.53 Å². The van der Waals surface area contributed by atoms with Gasteiger partial charge in [-0.3, -0.25) is 4.79 Å². The number of nitrogens with one attached hydrogen (secondary N) is 2. The van der Waals surface area contributed by atoms with Crippen LogP contribution in [-0.4, -0.2) is 38.3 Å². The summed E-state index contributed by atoms with van der Waals surface area (Å²) in [6, 6.07) is 1.85. The third kappa shape index (κ3) is 3.87. The Hall–Kier alpha value is -1.12. The zero-order valence-electron chi connectivity index (χ0n) is 7.38. The van der Waals surface area contributed by atoms with Gasteiger partial charge >= 0.3 is 0 Å². The maximum atomic E-state index is 11.1. The van der Waals surface area contributed by atoms with Crippen LogP contribution in [0.2, 0.25) is 0 Å². The molecule has 13 heavy (non-hydrogen) atoms. The lowest BCUT2D eigenvalue weighted by atomic mass is 10.2. The van der Waals surface area contributed by atoms with Crippen LogP contribution in [0, 0.1) is 11.3 Å². The molecule has 1 fully saturated rings. The maximum absolute atomic E-state index is 11.1. The zero-order valence-corrected chi connectivity index (χ0v) is 7.38. The molecule has 1 rings (SSSR count). The highest BCUT2D eigenvalue weighted by Gasteiger charge is 2.16. The fraction of sp³-hybridized carbons (Fsp3) is 0.750. The van der Waals surface area contributed by atoms with Gasteiger partial charge in [0.1, 0.15) is 6.54 Å². The second-order valence-electron chi connectivity index (χ2n) is 2.84. The summed E-state index contributed by atoms with van der Waals surface area (Å²) in [4.78, 5) is 11.1. The molecule has 1 unspecified atom stereocenters. The number of hydrogen-bond donors (Lipinski definition) is 2. The third-order valence-corrected chi connectivity index (χ3v) is 1.78. The molecule has 0 aromatic heterocycles. The van der Waals surface area contributed by atoms with Gasteiger partial charge in [0, 0.05) is 13.1 Å². The highest BCUT2D eigenvalue weighted by molar-refractivity contribution is 5.76. The van der Waals surface area contributed by atoms with Gasteiger partial charge in [-0.05, 0) is 0 Å². The molecular formula is C8H13N3O2. The quantitative estimate of drug-likeness (QED) is 0.551. The molecule has 0 aromatic carbocycles. The lowest BCUT2D eigenvalue weighted by molar-refractivity contribution is -0.124. The van der Waals surface area contributed by atoms with E-state index in [1.807, 2.05) is 6.07 Å². The van der Waals surface area contributed by atoms with Crippen LogP contribution in [0.25, 0.3) is 0 Å². The van der Waals surface area contributed by atoms with Crippen molar-refractivity contribution >= 4 is 5.91 Å². The number of nitriles is 1. The van der Waals surface area contributed by atoms with Crippen LogP contribution < -0.4 is 10.6 Å². The molecule has 0 aromatic rings. The smallest absolute Gasteiger partial charge is 0.223 e. The first-order valence-electron chi connectivity index (χ1n) is 4.29. The maximum Gasteiger partial charge on any atom is 0.223 e. The van der Waals surface area contributed by atoms with Gasteiger partial charge in [-0.2, -0.15) is 5.26 Å². The molecule has 1 aliphatic rings. The van der Waals surface area contributed by atoms with Crippen LogP contribution in [-0.2, 0) is 9.53 Å². The Labute approximate surface area is 77.1 Å². The van der Waals surface area contributed by atoms with Gasteiger partial charge in [-0.15, -0.1) is 0 Å². The summed E-state index contributed by atoms with van der Waals surface area (Å²) in [7, 11) is 0. The Morgan fingerprint density at radius 1 is 1.77 bits per heavy atom. The topological polar surface area (TPSA) is 74.2 Å². The minimum atomic E-state index is -0.129. The van der Waals surface area contributed by atoms with Crippen LogP contribution in [0.15, 0.2) is 0 Å². The fourth-order valence-corrected chi connectivity index (χ4v) is 1.17. The third-order valence-electron chi connectivity index (χ3n) is 1.78. The molecule has 5 nitrogen and oxygen atoms in total. The molecule has 0 saturated carbocycles. The first-order chi connectivity index (χ1) is 6.33. The van der Waals surface area contributed by atoms with E-state index in [2.05, 4.69) is 10.6 Å². The van der Waals surface area contributed by atoms with Gasteiger partial charge in [-0.1, -0.05) is 0 Å². The molecule has 1 amide bonds. The van der Waals surface area contributed by atoms with E-state index >= 15 is 0 Å². The molecule has 2 N–H and O–H groups in total. The van der Waals surface area contributed by atoms with Gasteiger partial charge in [0.05, 0.1) is 25.2 Å². The number of ether oxygens (including phenoxy) is 1. The molecule has 1 heterocycles. The summed E-state index contributed by atoms with van der Waals surface area (Å²) in [6.07, 6.45) is 0.279. The van der Waals surface area contributed by atoms with Gasteiger partial charge in [-0.25, -0.2) is 0 Å². The summed E-state index contributed by atoms with van der Waals surface area (Å²) in [6.45, 7) is 2.27. The Morgan fingerprint density at radius 3 is 3.23 bits per heavy atom. The predicted octanol–water partition coefficient (Wildman–Crippen LogP) is -0.995. The van der Waals surface area contributed by atoms with Crippen molar-refractivity contribution in [3.05, 3.63) is 0 Å². The van der Waals surface area contributed by atoms with Crippen LogP contribution >= 0.6 is 0 Å². The second-order valence-corrected chi connectivity index (χ2v) is 2.84. The number of carbonyl (C=O) groups excluding carboxylic acids is 1. The van der Waals surface area contributed by atoms with Gasteiger partial charge < -0.3 is 15.4 Å². The average molecular weight is 183 g/mol. The van der Waals surface area contributed by atoms with E-state index in [0.29, 0.717) is 19.6 Å². The van der Waals surface area contributed by atoms with Crippen LogP contribution in [0.5, 0.6) is 0 Å². The fourth-order valence-electron chi connectivity index (χ4n) is 1.17. The number of morpholine rings is 1. The molecule has 1 atom stereocenters. The van der Waals surface area contributed by atoms with Crippen LogP contribution in [0.4, 0.5) is 0 Å². The highest BCUT2D eigenvalue weighted by Crippen LogP contribution is 2.00. The van der Waals surface area contributed by atoms with E-state index in [1.54, 1.807) is 0 Å². The molecule has 5 heteroatoms. The molecule has 0 spiro atoms. The van der Waals surface area contributed by atoms with E-state index in [9.17, 15) is 4.79 Å². The van der Waals surface area contributed by atoms with E-state index in [4.69, 9.17) is 10.00 Å². The standard InChI is InChI=1S/C8H13N3O2/c9-1-2-11-8(12)5-7-6-10-3-4-13-7/h7,10H,2-6H2,(H,11,12). The predicted molar refractivity (Wildman–Crippen MR) is 45.8 cm³/mol. The van der Waals surface area contributed by atoms with Gasteiger partial charge in [0.25, 0.3) is 0 Å². The Kier molecular flexibility index (Phi) is 4.23. The van der Waals surface area contributed by atoms with Crippen molar-refractivity contribution in [1.82, 2.24) is 10.6 Å². The summed E-state index contributed by atoms with van der Waals surface area (Å²) in [5.74, 6) is -0.129. The van der Waals surface area contributed by atoms with Crippen molar-refractivity contribution in [1.29, 1.82) is 5.26 Å². The lowest BCUT2D eigenvalue weighted by Crippen LogP contribution is -2.41. The Balaban J connectivity index is 2.15. The van der Waals surface area contributed by atoms with E-state index in [-0.39, 0.29) is 18.6 Å². The summed E-state index contributed by atoms with van der Waals surface area (Å²) < 4.78 is 5.32. The first kappa shape index (κ1) is 9.96. The van der Waals surface area contributed by atoms with Crippen molar-refractivity contribution in [2.75, 3.05) is 26.2 Å². The number of carbonyl (C=O) groups is 1. The number of amides is 1. The number of hydrogen-bond acceptors (Lipinski definition) is 4. The van der Waals surface area contributed by atoms with E-state index in [0.717, 1.165) is 6.54 Å². The summed E-state index contributed by atoms with van der Waals surface area (Å²) in [5.41, 5.74) is 0. The number of rotatable bonds is 3. The van der Waals surface area contributed by atoms with Crippen LogP contribution in [0.1, 0.15) is 6.42 Å². The Bertz CT molecular complexity index is 206. The van der Waals surface area contributed by atoms with Crippen molar-refractivity contribution in [2.45, 2.75) is 12.5 Å². The average Bonchev–Trinajstić information content (AvgIpc) is 2.16. The summed E-state index contributed by atoms with van der Waals surface area (Å²) >= 11 is 0. The number of nitrogens with zero attached hydrogens (tertiary/aromatic N) is 1. The van der Waals surface area contributed by atoms with E-state index in [1.165, 1.54) is 0 Å². The second kappa shape index (κ2) is 5.51. The van der Waals surface area contributed by atoms with Crippen molar-refractivity contribution in [3.63, 3.8) is 0 Å². The van der Waals surface area contributed by atoms with Crippen molar-refractivity contribution in [2.24, 2.45) is 0 Å². The molecule has 72 valence electrons. The van der Waals surface area contributed by atoms with E-state index < -0.39 is 0 Å². The van der Waals surface area contributed by atoms with Crippen molar-refractivity contribution in [3.8, 4) is 6.07 Å². The molecule has 0 radical (unpaired) electrons. The minimum absolute atomic E-state index is 0.0487. The minimum Gasteiger partial charge on any atom is -0.375 e. The summed E-state index contributed by atoms with van der Waals surface area (Å²) in [5, 5.41) is 13.8. The SMILES string of the molecule is N#CCNC(=O)CC1CNCCO1. The molecule has 0 aliphatic carbocycles. The monoisotopic (exact) mass is 183 g/mol. The molecule has 1 saturated heterocycles. The Morgan fingerprint density at radius 2 is 2.62 bits per heavy atom.